The summed E-state index contributed by atoms with van der Waals surface area (Å²) in [4.78, 5) is 22.2. The highest BCUT2D eigenvalue weighted by atomic mass is 19.3. The van der Waals surface area contributed by atoms with Gasteiger partial charge in [0, 0.05) is 29.4 Å². The van der Waals surface area contributed by atoms with Gasteiger partial charge >= 0.3 is 6.61 Å². The number of alkyl halides is 2. The van der Waals surface area contributed by atoms with E-state index in [2.05, 4.69) is 10.1 Å². The van der Waals surface area contributed by atoms with Gasteiger partial charge in [-0.3, -0.25) is 14.9 Å². The van der Waals surface area contributed by atoms with Crippen molar-refractivity contribution < 1.29 is 28.0 Å². The number of anilines is 1. The van der Waals surface area contributed by atoms with Crippen LogP contribution in [0.3, 0.4) is 0 Å². The minimum absolute atomic E-state index is 0.00661. The predicted molar refractivity (Wildman–Crippen MR) is 80.7 cm³/mol. The molecule has 0 saturated heterocycles. The smallest absolute Gasteiger partial charge is 0.387 e. The summed E-state index contributed by atoms with van der Waals surface area (Å²) in [5.74, 6) is -0.767. The summed E-state index contributed by atoms with van der Waals surface area (Å²) in [6.45, 7) is -3.01. The standard InChI is InChI=1S/C15H12F2N2O5/c1-23-13-8-10(5-6-12(13)24-15(16)17)18-14(20)9-3-2-4-11(7-9)19(21)22/h2-8,15H,1H3,(H,18,20). The van der Waals surface area contributed by atoms with Crippen molar-refractivity contribution in [3.05, 3.63) is 58.1 Å². The number of rotatable bonds is 6. The van der Waals surface area contributed by atoms with E-state index in [9.17, 15) is 23.7 Å². The van der Waals surface area contributed by atoms with Gasteiger partial charge in [-0.1, -0.05) is 6.07 Å². The molecule has 0 bridgehead atoms. The lowest BCUT2D eigenvalue weighted by atomic mass is 10.2. The second-order valence-electron chi connectivity index (χ2n) is 4.51. The van der Waals surface area contributed by atoms with Crippen molar-refractivity contribution in [2.45, 2.75) is 6.61 Å². The summed E-state index contributed by atoms with van der Waals surface area (Å²) in [5, 5.41) is 13.2. The number of nitrogens with zero attached hydrogens (tertiary/aromatic N) is 1. The van der Waals surface area contributed by atoms with Crippen molar-refractivity contribution in [3.63, 3.8) is 0 Å². The summed E-state index contributed by atoms with van der Waals surface area (Å²) in [7, 11) is 1.26. The van der Waals surface area contributed by atoms with Crippen molar-refractivity contribution >= 4 is 17.3 Å². The van der Waals surface area contributed by atoms with E-state index in [4.69, 9.17) is 4.74 Å². The zero-order valence-electron chi connectivity index (χ0n) is 12.4. The maximum absolute atomic E-state index is 12.3. The third-order valence-electron chi connectivity index (χ3n) is 2.96. The second-order valence-corrected chi connectivity index (χ2v) is 4.51. The molecule has 0 unspecified atom stereocenters. The third-order valence-corrected chi connectivity index (χ3v) is 2.96. The number of hydrogen-bond acceptors (Lipinski definition) is 5. The number of nitrogens with one attached hydrogen (secondary N) is 1. The molecule has 0 fully saturated rings. The summed E-state index contributed by atoms with van der Waals surface area (Å²) in [6, 6.07) is 9.04. The Hall–Kier alpha value is -3.23. The molecule has 0 aromatic heterocycles. The van der Waals surface area contributed by atoms with Crippen molar-refractivity contribution in [2.75, 3.05) is 12.4 Å². The molecule has 9 heteroatoms. The Balaban J connectivity index is 2.20. The molecule has 7 nitrogen and oxygen atoms in total. The number of carbonyl (C=O) groups is 1. The molecule has 0 spiro atoms. The van der Waals surface area contributed by atoms with Crippen LogP contribution in [0.4, 0.5) is 20.2 Å². The average molecular weight is 338 g/mol. The van der Waals surface area contributed by atoms with Crippen molar-refractivity contribution in [1.29, 1.82) is 0 Å². The first-order chi connectivity index (χ1) is 11.4. The largest absolute Gasteiger partial charge is 0.493 e. The molecule has 0 heterocycles. The van der Waals surface area contributed by atoms with Crippen LogP contribution in [0.25, 0.3) is 0 Å². The Morgan fingerprint density at radius 3 is 2.58 bits per heavy atom. The molecule has 0 saturated carbocycles. The van der Waals surface area contributed by atoms with Crippen LogP contribution in [0.2, 0.25) is 0 Å². The fraction of sp³-hybridized carbons (Fsp3) is 0.133. The molecule has 0 aliphatic heterocycles. The van der Waals surface area contributed by atoms with Gasteiger partial charge in [0.15, 0.2) is 11.5 Å². The number of non-ortho nitro benzene ring substituents is 1. The number of halogens is 2. The van der Waals surface area contributed by atoms with E-state index in [0.717, 1.165) is 6.07 Å². The Labute approximate surface area is 135 Å². The maximum atomic E-state index is 12.3. The number of hydrogen-bond donors (Lipinski definition) is 1. The Morgan fingerprint density at radius 2 is 1.96 bits per heavy atom. The number of nitro groups is 1. The summed E-state index contributed by atoms with van der Waals surface area (Å²) in [6.07, 6.45) is 0. The van der Waals surface area contributed by atoms with Gasteiger partial charge in [0.05, 0.1) is 12.0 Å². The van der Waals surface area contributed by atoms with Gasteiger partial charge in [0.1, 0.15) is 0 Å². The molecular formula is C15H12F2N2O5. The number of methoxy groups -OCH3 is 1. The van der Waals surface area contributed by atoms with E-state index in [1.165, 1.54) is 43.5 Å². The molecule has 2 aromatic carbocycles. The summed E-state index contributed by atoms with van der Waals surface area (Å²) in [5.41, 5.74) is 0.113. The predicted octanol–water partition coefficient (Wildman–Crippen LogP) is 3.46. The molecule has 126 valence electrons. The van der Waals surface area contributed by atoms with Crippen LogP contribution in [-0.2, 0) is 0 Å². The van der Waals surface area contributed by atoms with Gasteiger partial charge in [-0.05, 0) is 18.2 Å². The molecule has 0 aliphatic carbocycles. The van der Waals surface area contributed by atoms with Gasteiger partial charge < -0.3 is 14.8 Å². The molecule has 0 radical (unpaired) electrons. The first-order valence-corrected chi connectivity index (χ1v) is 6.59. The molecule has 0 atom stereocenters. The molecule has 0 aliphatic rings. The maximum Gasteiger partial charge on any atom is 0.387 e. The Kier molecular flexibility index (Phi) is 5.25. The van der Waals surface area contributed by atoms with E-state index in [0.29, 0.717) is 0 Å². The van der Waals surface area contributed by atoms with Gasteiger partial charge in [-0.15, -0.1) is 0 Å². The molecule has 1 N–H and O–H groups in total. The van der Waals surface area contributed by atoms with Crippen LogP contribution in [0.5, 0.6) is 11.5 Å². The van der Waals surface area contributed by atoms with Gasteiger partial charge in [0.25, 0.3) is 11.6 Å². The van der Waals surface area contributed by atoms with Crippen molar-refractivity contribution in [3.8, 4) is 11.5 Å². The van der Waals surface area contributed by atoms with Crippen molar-refractivity contribution in [2.24, 2.45) is 0 Å². The zero-order chi connectivity index (χ0) is 17.7. The quantitative estimate of drug-likeness (QED) is 0.643. The number of ether oxygens (including phenoxy) is 2. The molecule has 2 aromatic rings. The lowest BCUT2D eigenvalue weighted by Gasteiger charge is -2.12. The third kappa shape index (κ3) is 4.15. The van der Waals surface area contributed by atoms with E-state index in [1.807, 2.05) is 0 Å². The van der Waals surface area contributed by atoms with Gasteiger partial charge in [-0.2, -0.15) is 8.78 Å². The Bertz CT molecular complexity index is 767. The highest BCUT2D eigenvalue weighted by molar-refractivity contribution is 6.04. The molecule has 2 rings (SSSR count). The second kappa shape index (κ2) is 7.36. The lowest BCUT2D eigenvalue weighted by Crippen LogP contribution is -2.12. The molecule has 24 heavy (non-hydrogen) atoms. The highest BCUT2D eigenvalue weighted by Crippen LogP contribution is 2.31. The number of nitro benzene ring substituents is 1. The van der Waals surface area contributed by atoms with Crippen LogP contribution in [0, 0.1) is 10.1 Å². The van der Waals surface area contributed by atoms with E-state index in [1.54, 1.807) is 0 Å². The summed E-state index contributed by atoms with van der Waals surface area (Å²) >= 11 is 0. The van der Waals surface area contributed by atoms with E-state index >= 15 is 0 Å². The SMILES string of the molecule is COc1cc(NC(=O)c2cccc([N+](=O)[O-])c2)ccc1OC(F)F. The van der Waals surface area contributed by atoms with Crippen molar-refractivity contribution in [1.82, 2.24) is 0 Å². The van der Waals surface area contributed by atoms with Crippen LogP contribution in [-0.4, -0.2) is 24.6 Å². The molecular weight excluding hydrogens is 326 g/mol. The van der Waals surface area contributed by atoms with E-state index in [-0.39, 0.29) is 28.4 Å². The van der Waals surface area contributed by atoms with Gasteiger partial charge in [0.2, 0.25) is 0 Å². The van der Waals surface area contributed by atoms with Crippen LogP contribution in [0.1, 0.15) is 10.4 Å². The topological polar surface area (TPSA) is 90.7 Å². The minimum Gasteiger partial charge on any atom is -0.493 e. The number of benzene rings is 2. The zero-order valence-corrected chi connectivity index (χ0v) is 12.4. The number of carbonyl (C=O) groups excluding carboxylic acids is 1. The van der Waals surface area contributed by atoms with Gasteiger partial charge in [-0.25, -0.2) is 0 Å². The normalized spacial score (nSPS) is 10.3. The fourth-order valence-corrected chi connectivity index (χ4v) is 1.90. The first kappa shape index (κ1) is 17.1. The van der Waals surface area contributed by atoms with Crippen LogP contribution in [0.15, 0.2) is 42.5 Å². The first-order valence-electron chi connectivity index (χ1n) is 6.59. The Morgan fingerprint density at radius 1 is 1.21 bits per heavy atom. The summed E-state index contributed by atoms with van der Waals surface area (Å²) < 4.78 is 33.7. The average Bonchev–Trinajstić information content (AvgIpc) is 2.55. The fourth-order valence-electron chi connectivity index (χ4n) is 1.90. The highest BCUT2D eigenvalue weighted by Gasteiger charge is 2.14. The van der Waals surface area contributed by atoms with Crippen LogP contribution < -0.4 is 14.8 Å². The van der Waals surface area contributed by atoms with E-state index < -0.39 is 17.4 Å². The molecule has 1 amide bonds. The number of amides is 1. The van der Waals surface area contributed by atoms with Crippen LogP contribution >= 0.6 is 0 Å². The monoisotopic (exact) mass is 338 g/mol. The lowest BCUT2D eigenvalue weighted by molar-refractivity contribution is -0.384. The minimum atomic E-state index is -3.01.